The number of rotatable bonds is 6. The van der Waals surface area contributed by atoms with Crippen LogP contribution in [0.1, 0.15) is 0 Å². The van der Waals surface area contributed by atoms with E-state index in [0.717, 1.165) is 28.4 Å². The van der Waals surface area contributed by atoms with Gasteiger partial charge < -0.3 is 14.7 Å². The molecule has 4 nitrogen and oxygen atoms in total. The van der Waals surface area contributed by atoms with Crippen LogP contribution < -0.4 is 20.2 Å². The lowest BCUT2D eigenvalue weighted by Gasteiger charge is -2.27. The maximum Gasteiger partial charge on any atom is 0.0676 e. The summed E-state index contributed by atoms with van der Waals surface area (Å²) < 4.78 is 13.0. The number of hydrogen-bond donors (Lipinski definition) is 1. The Morgan fingerprint density at radius 2 is 1.04 bits per heavy atom. The largest absolute Gasteiger partial charge is 0.378 e. The van der Waals surface area contributed by atoms with Crippen molar-refractivity contribution in [3.8, 4) is 0 Å². The van der Waals surface area contributed by atoms with E-state index in [2.05, 4.69) is 63.2 Å². The predicted molar refractivity (Wildman–Crippen MR) is 115 cm³/mol. The monoisotopic (exact) mass is 364 g/mol. The third kappa shape index (κ3) is 4.14. The smallest absolute Gasteiger partial charge is 0.0676 e. The highest BCUT2D eigenvalue weighted by Crippen LogP contribution is 2.37. The Balaban J connectivity index is 2.07. The Kier molecular flexibility index (Phi) is 5.50. The summed E-state index contributed by atoms with van der Waals surface area (Å²) in [6.45, 7) is 0. The molecule has 0 aliphatic carbocycles. The van der Waals surface area contributed by atoms with Gasteiger partial charge in [0.25, 0.3) is 0 Å². The second-order valence-corrected chi connectivity index (χ2v) is 6.80. The number of nitrogens with zero attached hydrogens (tertiary/aromatic N) is 3. The van der Waals surface area contributed by atoms with Gasteiger partial charge in [0.1, 0.15) is 0 Å². The molecule has 0 spiro atoms. The van der Waals surface area contributed by atoms with Gasteiger partial charge in [-0.05, 0) is 66.7 Å². The van der Waals surface area contributed by atoms with Gasteiger partial charge in [-0.1, -0.05) is 6.07 Å². The molecule has 0 radical (unpaired) electrons. The highest BCUT2D eigenvalue weighted by atomic mass is 19.2. The van der Waals surface area contributed by atoms with Crippen molar-refractivity contribution in [2.45, 2.75) is 0 Å². The molecule has 0 fully saturated rings. The Bertz CT molecular complexity index is 822. The average Bonchev–Trinajstić information content (AvgIpc) is 2.69. The summed E-state index contributed by atoms with van der Waals surface area (Å²) in [5, 5.41) is 0. The maximum absolute atomic E-state index is 13.0. The third-order valence-corrected chi connectivity index (χ3v) is 4.46. The summed E-state index contributed by atoms with van der Waals surface area (Å²) in [4.78, 5) is 6.24. The van der Waals surface area contributed by atoms with Crippen LogP contribution in [0.25, 0.3) is 0 Å². The number of anilines is 6. The fraction of sp³-hybridized carbons (Fsp3) is 0.182. The summed E-state index contributed by atoms with van der Waals surface area (Å²) in [5.41, 5.74) is 7.31. The number of benzene rings is 3. The lowest BCUT2D eigenvalue weighted by Crippen LogP contribution is -2.12. The standard InChI is InChI=1S/C22H25FN4/c1-25(2)18-8-12-20(13-9-18)27(22-7-5-6-17(16-22)24-23)21-14-10-19(11-15-21)26(3)4/h5-16,24H,1-4H3. The molecule has 0 unspecified atom stereocenters. The minimum atomic E-state index is 0.423. The zero-order valence-corrected chi connectivity index (χ0v) is 16.1. The summed E-state index contributed by atoms with van der Waals surface area (Å²) in [5.74, 6) is 0. The van der Waals surface area contributed by atoms with Gasteiger partial charge in [0.15, 0.2) is 0 Å². The summed E-state index contributed by atoms with van der Waals surface area (Å²) in [6.07, 6.45) is 0. The van der Waals surface area contributed by atoms with Crippen molar-refractivity contribution in [2.75, 3.05) is 48.4 Å². The van der Waals surface area contributed by atoms with Gasteiger partial charge in [0.2, 0.25) is 0 Å². The van der Waals surface area contributed by atoms with Crippen molar-refractivity contribution in [1.29, 1.82) is 0 Å². The second-order valence-electron chi connectivity index (χ2n) is 6.80. The first-order valence-corrected chi connectivity index (χ1v) is 8.81. The Hall–Kier alpha value is -3.21. The summed E-state index contributed by atoms with van der Waals surface area (Å²) >= 11 is 0. The van der Waals surface area contributed by atoms with Gasteiger partial charge in [0.05, 0.1) is 5.69 Å². The van der Waals surface area contributed by atoms with Crippen LogP contribution in [0.2, 0.25) is 0 Å². The topological polar surface area (TPSA) is 21.8 Å². The minimum absolute atomic E-state index is 0.423. The molecule has 0 aromatic heterocycles. The van der Waals surface area contributed by atoms with Crippen LogP contribution in [0.4, 0.5) is 38.6 Å². The first kappa shape index (κ1) is 18.6. The lowest BCUT2D eigenvalue weighted by molar-refractivity contribution is 0.618. The van der Waals surface area contributed by atoms with Crippen LogP contribution in [-0.2, 0) is 0 Å². The third-order valence-electron chi connectivity index (χ3n) is 4.46. The lowest BCUT2D eigenvalue weighted by atomic mass is 10.1. The molecule has 0 aliphatic heterocycles. The average molecular weight is 364 g/mol. The SMILES string of the molecule is CN(C)c1ccc(N(c2ccc(N(C)C)cc2)c2cccc(NF)c2)cc1. The van der Waals surface area contributed by atoms with Crippen molar-refractivity contribution >= 4 is 34.1 Å². The number of nitrogens with one attached hydrogen (secondary N) is 1. The Morgan fingerprint density at radius 1 is 0.593 bits per heavy atom. The van der Waals surface area contributed by atoms with Gasteiger partial charge >= 0.3 is 0 Å². The van der Waals surface area contributed by atoms with Crippen LogP contribution >= 0.6 is 0 Å². The number of halogens is 1. The van der Waals surface area contributed by atoms with E-state index in [4.69, 9.17) is 0 Å². The van der Waals surface area contributed by atoms with Gasteiger partial charge in [-0.2, -0.15) is 0 Å². The second kappa shape index (κ2) is 7.99. The zero-order valence-electron chi connectivity index (χ0n) is 16.1. The van der Waals surface area contributed by atoms with Gasteiger partial charge in [-0.25, -0.2) is 5.54 Å². The van der Waals surface area contributed by atoms with Crippen LogP contribution in [0.15, 0.2) is 72.8 Å². The van der Waals surface area contributed by atoms with E-state index in [1.165, 1.54) is 0 Å². The fourth-order valence-electron chi connectivity index (χ4n) is 2.95. The molecule has 3 aromatic rings. The van der Waals surface area contributed by atoms with Gasteiger partial charge in [0, 0.05) is 56.6 Å². The molecule has 5 heteroatoms. The highest BCUT2D eigenvalue weighted by Gasteiger charge is 2.13. The quantitative estimate of drug-likeness (QED) is 0.576. The molecule has 0 atom stereocenters. The van der Waals surface area contributed by atoms with Crippen molar-refractivity contribution in [3.05, 3.63) is 72.8 Å². The first-order valence-electron chi connectivity index (χ1n) is 8.81. The molecule has 27 heavy (non-hydrogen) atoms. The van der Waals surface area contributed by atoms with Gasteiger partial charge in [-0.3, -0.25) is 0 Å². The Morgan fingerprint density at radius 3 is 1.44 bits per heavy atom. The molecular weight excluding hydrogens is 339 g/mol. The molecule has 0 amide bonds. The van der Waals surface area contributed by atoms with E-state index in [9.17, 15) is 4.48 Å². The molecule has 3 aromatic carbocycles. The molecule has 0 heterocycles. The van der Waals surface area contributed by atoms with E-state index in [0.29, 0.717) is 5.69 Å². The van der Waals surface area contributed by atoms with E-state index in [-0.39, 0.29) is 0 Å². The summed E-state index contributed by atoms with van der Waals surface area (Å²) in [6, 6.07) is 23.9. The van der Waals surface area contributed by atoms with Crippen molar-refractivity contribution in [1.82, 2.24) is 0 Å². The first-order chi connectivity index (χ1) is 13.0. The normalized spacial score (nSPS) is 10.4. The molecule has 0 saturated carbocycles. The molecule has 140 valence electrons. The van der Waals surface area contributed by atoms with Crippen molar-refractivity contribution in [3.63, 3.8) is 0 Å². The van der Waals surface area contributed by atoms with Crippen LogP contribution in [-0.4, -0.2) is 28.2 Å². The molecule has 0 bridgehead atoms. The molecule has 0 saturated heterocycles. The van der Waals surface area contributed by atoms with E-state index in [1.807, 2.05) is 40.3 Å². The highest BCUT2D eigenvalue weighted by molar-refractivity contribution is 5.79. The molecule has 1 N–H and O–H groups in total. The zero-order chi connectivity index (χ0) is 19.4. The van der Waals surface area contributed by atoms with Crippen molar-refractivity contribution in [2.24, 2.45) is 0 Å². The molecule has 3 rings (SSSR count). The van der Waals surface area contributed by atoms with Crippen molar-refractivity contribution < 1.29 is 4.48 Å². The van der Waals surface area contributed by atoms with Gasteiger partial charge in [-0.15, -0.1) is 4.48 Å². The summed E-state index contributed by atoms with van der Waals surface area (Å²) in [7, 11) is 8.07. The fourth-order valence-corrected chi connectivity index (χ4v) is 2.95. The van der Waals surface area contributed by atoms with E-state index in [1.54, 1.807) is 17.7 Å². The molecule has 0 aliphatic rings. The maximum atomic E-state index is 13.0. The van der Waals surface area contributed by atoms with E-state index >= 15 is 0 Å². The predicted octanol–water partition coefficient (Wildman–Crippen LogP) is 5.58. The minimum Gasteiger partial charge on any atom is -0.378 e. The van der Waals surface area contributed by atoms with Crippen LogP contribution in [0.3, 0.4) is 0 Å². The molecular formula is C22H25FN4. The van der Waals surface area contributed by atoms with Crippen LogP contribution in [0, 0.1) is 0 Å². The van der Waals surface area contributed by atoms with Crippen LogP contribution in [0.5, 0.6) is 0 Å². The van der Waals surface area contributed by atoms with E-state index < -0.39 is 0 Å². The Labute approximate surface area is 160 Å². The number of hydrogen-bond acceptors (Lipinski definition) is 4.